The second-order valence-corrected chi connectivity index (χ2v) is 3.23. The molecule has 0 aliphatic rings. The lowest BCUT2D eigenvalue weighted by Gasteiger charge is -2.05. The smallest absolute Gasteiger partial charge is 0.134 e. The van der Waals surface area contributed by atoms with Crippen molar-refractivity contribution in [2.45, 2.75) is 20.8 Å². The van der Waals surface area contributed by atoms with Crippen molar-refractivity contribution in [2.75, 3.05) is 0 Å². The molecule has 17 heavy (non-hydrogen) atoms. The summed E-state index contributed by atoms with van der Waals surface area (Å²) in [5, 5.41) is 7.14. The lowest BCUT2D eigenvalue weighted by Crippen LogP contribution is -1.92. The molecular formula is C13H14F2N2. The van der Waals surface area contributed by atoms with E-state index in [0.29, 0.717) is 11.1 Å². The van der Waals surface area contributed by atoms with Gasteiger partial charge in [-0.15, -0.1) is 0 Å². The molecule has 0 atom stereocenters. The molecule has 0 aliphatic heterocycles. The van der Waals surface area contributed by atoms with E-state index in [2.05, 4.69) is 10.2 Å². The molecule has 2 nitrogen and oxygen atoms in total. The Morgan fingerprint density at radius 2 is 1.59 bits per heavy atom. The third kappa shape index (κ3) is 3.06. The number of aryl methyl sites for hydroxylation is 1. The topological polar surface area (TPSA) is 25.8 Å². The normalized spacial score (nSPS) is 9.47. The summed E-state index contributed by atoms with van der Waals surface area (Å²) >= 11 is 0. The van der Waals surface area contributed by atoms with Crippen LogP contribution < -0.4 is 0 Å². The van der Waals surface area contributed by atoms with Crippen molar-refractivity contribution in [1.29, 1.82) is 0 Å². The van der Waals surface area contributed by atoms with E-state index in [1.807, 2.05) is 13.8 Å². The first-order chi connectivity index (χ1) is 8.18. The predicted molar refractivity (Wildman–Crippen MR) is 63.5 cm³/mol. The Bertz CT molecular complexity index is 461. The van der Waals surface area contributed by atoms with Crippen LogP contribution in [0.15, 0.2) is 30.6 Å². The minimum atomic E-state index is -0.583. The molecule has 0 amide bonds. The van der Waals surface area contributed by atoms with Gasteiger partial charge in [0.15, 0.2) is 0 Å². The first kappa shape index (κ1) is 13.2. The van der Waals surface area contributed by atoms with E-state index < -0.39 is 11.6 Å². The summed E-state index contributed by atoms with van der Waals surface area (Å²) in [5.41, 5.74) is 0.881. The summed E-state index contributed by atoms with van der Waals surface area (Å²) in [6.07, 6.45) is 2.73. The maximum Gasteiger partial charge on any atom is 0.134 e. The van der Waals surface area contributed by atoms with Crippen LogP contribution in [0.4, 0.5) is 8.78 Å². The molecule has 0 aliphatic carbocycles. The van der Waals surface area contributed by atoms with Crippen molar-refractivity contribution in [3.05, 3.63) is 47.8 Å². The maximum absolute atomic E-state index is 13.5. The van der Waals surface area contributed by atoms with Gasteiger partial charge in [0.2, 0.25) is 0 Å². The molecule has 1 heterocycles. The minimum Gasteiger partial charge on any atom is -0.206 e. The molecule has 0 N–H and O–H groups in total. The minimum absolute atomic E-state index is 0.0597. The second-order valence-electron chi connectivity index (χ2n) is 3.23. The molecule has 0 radical (unpaired) electrons. The highest BCUT2D eigenvalue weighted by Crippen LogP contribution is 2.25. The van der Waals surface area contributed by atoms with Crippen LogP contribution >= 0.6 is 0 Å². The Balaban J connectivity index is 0.000000686. The average molecular weight is 236 g/mol. The van der Waals surface area contributed by atoms with Gasteiger partial charge in [-0.3, -0.25) is 0 Å². The number of benzene rings is 1. The number of aromatic nitrogens is 2. The van der Waals surface area contributed by atoms with Crippen molar-refractivity contribution < 1.29 is 8.78 Å². The van der Waals surface area contributed by atoms with Gasteiger partial charge in [-0.25, -0.2) is 8.78 Å². The first-order valence-corrected chi connectivity index (χ1v) is 5.41. The molecule has 0 unspecified atom stereocenters. The second kappa shape index (κ2) is 6.03. The highest BCUT2D eigenvalue weighted by Gasteiger charge is 2.11. The third-order valence-corrected chi connectivity index (χ3v) is 2.06. The lowest BCUT2D eigenvalue weighted by molar-refractivity contribution is 0.587. The van der Waals surface area contributed by atoms with Crippen LogP contribution in [0, 0.1) is 18.6 Å². The zero-order valence-electron chi connectivity index (χ0n) is 10.0. The van der Waals surface area contributed by atoms with Gasteiger partial charge in [0.05, 0.1) is 18.0 Å². The molecule has 0 bridgehead atoms. The fraction of sp³-hybridized carbons (Fsp3) is 0.231. The van der Waals surface area contributed by atoms with Gasteiger partial charge in [0.1, 0.15) is 11.6 Å². The van der Waals surface area contributed by atoms with Crippen LogP contribution in [0.1, 0.15) is 19.4 Å². The van der Waals surface area contributed by atoms with E-state index in [1.165, 1.54) is 30.6 Å². The zero-order valence-corrected chi connectivity index (χ0v) is 10.0. The van der Waals surface area contributed by atoms with Gasteiger partial charge < -0.3 is 0 Å². The molecule has 0 fully saturated rings. The van der Waals surface area contributed by atoms with Gasteiger partial charge in [-0.1, -0.05) is 13.8 Å². The first-order valence-electron chi connectivity index (χ1n) is 5.41. The van der Waals surface area contributed by atoms with Crippen molar-refractivity contribution in [1.82, 2.24) is 10.2 Å². The van der Waals surface area contributed by atoms with Crippen LogP contribution in [0.25, 0.3) is 11.1 Å². The Labute approximate surface area is 99.3 Å². The van der Waals surface area contributed by atoms with Gasteiger partial charge in [-0.05, 0) is 30.7 Å². The lowest BCUT2D eigenvalue weighted by atomic mass is 10.1. The number of hydrogen-bond acceptors (Lipinski definition) is 2. The third-order valence-electron chi connectivity index (χ3n) is 2.06. The quantitative estimate of drug-likeness (QED) is 0.753. The molecule has 0 spiro atoms. The van der Waals surface area contributed by atoms with Gasteiger partial charge in [0.25, 0.3) is 0 Å². The molecule has 1 aromatic carbocycles. The van der Waals surface area contributed by atoms with Crippen molar-refractivity contribution in [3.63, 3.8) is 0 Å². The number of hydrogen-bond donors (Lipinski definition) is 0. The molecule has 2 aromatic rings. The Morgan fingerprint density at radius 3 is 2.06 bits per heavy atom. The van der Waals surface area contributed by atoms with Gasteiger partial charge in [-0.2, -0.15) is 10.2 Å². The molecule has 1 aromatic heterocycles. The number of rotatable bonds is 1. The summed E-state index contributed by atoms with van der Waals surface area (Å²) < 4.78 is 27.0. The van der Waals surface area contributed by atoms with Crippen molar-refractivity contribution in [3.8, 4) is 11.1 Å². The zero-order chi connectivity index (χ0) is 12.8. The number of halogens is 2. The molecular weight excluding hydrogens is 222 g/mol. The van der Waals surface area contributed by atoms with Crippen LogP contribution in [0.3, 0.4) is 0 Å². The summed E-state index contributed by atoms with van der Waals surface area (Å²) in [4.78, 5) is 0. The van der Waals surface area contributed by atoms with E-state index in [0.717, 1.165) is 0 Å². The summed E-state index contributed by atoms with van der Waals surface area (Å²) in [6, 6.07) is 4.10. The van der Waals surface area contributed by atoms with E-state index >= 15 is 0 Å². The molecule has 2 rings (SSSR count). The van der Waals surface area contributed by atoms with Crippen molar-refractivity contribution in [2.24, 2.45) is 0 Å². The summed E-state index contributed by atoms with van der Waals surface area (Å²) in [7, 11) is 0. The van der Waals surface area contributed by atoms with E-state index in [1.54, 1.807) is 6.92 Å². The summed E-state index contributed by atoms with van der Waals surface area (Å²) in [6.45, 7) is 5.64. The highest BCUT2D eigenvalue weighted by atomic mass is 19.1. The SMILES string of the molecule is CC.Cc1cc(F)c(-c2ccnnc2)c(F)c1. The van der Waals surface area contributed by atoms with E-state index in [9.17, 15) is 8.78 Å². The molecule has 90 valence electrons. The van der Waals surface area contributed by atoms with Crippen LogP contribution in [0.2, 0.25) is 0 Å². The molecule has 0 saturated carbocycles. The maximum atomic E-state index is 13.5. The largest absolute Gasteiger partial charge is 0.206 e. The average Bonchev–Trinajstić information content (AvgIpc) is 2.31. The standard InChI is InChI=1S/C11H8F2N2.C2H6/c1-7-4-9(12)11(10(13)5-7)8-2-3-14-15-6-8;1-2/h2-6H,1H3;1-2H3. The Kier molecular flexibility index (Phi) is 4.69. The van der Waals surface area contributed by atoms with Gasteiger partial charge in [0, 0.05) is 5.56 Å². The van der Waals surface area contributed by atoms with E-state index in [4.69, 9.17) is 0 Å². The van der Waals surface area contributed by atoms with Crippen LogP contribution in [-0.2, 0) is 0 Å². The molecule has 4 heteroatoms. The Morgan fingerprint density at radius 1 is 1.00 bits per heavy atom. The van der Waals surface area contributed by atoms with Crippen LogP contribution in [-0.4, -0.2) is 10.2 Å². The Hall–Kier alpha value is -1.84. The molecule has 0 saturated heterocycles. The van der Waals surface area contributed by atoms with Gasteiger partial charge >= 0.3 is 0 Å². The van der Waals surface area contributed by atoms with Crippen LogP contribution in [0.5, 0.6) is 0 Å². The highest BCUT2D eigenvalue weighted by molar-refractivity contribution is 5.63. The number of nitrogens with zero attached hydrogens (tertiary/aromatic N) is 2. The van der Waals surface area contributed by atoms with E-state index in [-0.39, 0.29) is 5.56 Å². The van der Waals surface area contributed by atoms with Crippen molar-refractivity contribution >= 4 is 0 Å². The summed E-state index contributed by atoms with van der Waals surface area (Å²) in [5.74, 6) is -1.17. The predicted octanol–water partition coefficient (Wildman–Crippen LogP) is 3.76. The monoisotopic (exact) mass is 236 g/mol. The fourth-order valence-corrected chi connectivity index (χ4v) is 1.41. The fourth-order valence-electron chi connectivity index (χ4n) is 1.41.